The summed E-state index contributed by atoms with van der Waals surface area (Å²) in [4.78, 5) is 3.43. The number of aromatic nitrogens is 2. The molecule has 0 bridgehead atoms. The third kappa shape index (κ3) is 2.61. The molecule has 4 heteroatoms. The fourth-order valence-electron chi connectivity index (χ4n) is 3.04. The van der Waals surface area contributed by atoms with Crippen molar-refractivity contribution in [3.8, 4) is 5.75 Å². The van der Waals surface area contributed by atoms with Crippen molar-refractivity contribution in [3.05, 3.63) is 72.6 Å². The number of fused-ring (bicyclic) bond motifs is 2. The number of nitrogens with zero attached hydrogens (tertiary/aromatic N) is 1. The molecule has 0 saturated heterocycles. The fourth-order valence-corrected chi connectivity index (χ4v) is 3.04. The summed E-state index contributed by atoms with van der Waals surface area (Å²) in [6.07, 6.45) is 0. The summed E-state index contributed by atoms with van der Waals surface area (Å²) in [6.45, 7) is 0.935. The summed E-state index contributed by atoms with van der Waals surface area (Å²) >= 11 is 0. The van der Waals surface area contributed by atoms with Gasteiger partial charge in [-0.25, -0.2) is 4.98 Å². The van der Waals surface area contributed by atoms with E-state index in [1.165, 1.54) is 5.39 Å². The number of para-hydroxylation sites is 2. The predicted octanol–water partition coefficient (Wildman–Crippen LogP) is 3.79. The molecule has 1 heterocycles. The van der Waals surface area contributed by atoms with Gasteiger partial charge in [0.2, 0.25) is 0 Å². The lowest BCUT2D eigenvalue weighted by Gasteiger charge is -2.08. The van der Waals surface area contributed by atoms with Gasteiger partial charge in [-0.15, -0.1) is 0 Å². The quantitative estimate of drug-likeness (QED) is 0.568. The second kappa shape index (κ2) is 6.34. The first-order valence-electron chi connectivity index (χ1n) is 7.96. The molecule has 120 valence electrons. The van der Waals surface area contributed by atoms with Crippen molar-refractivity contribution in [1.82, 2.24) is 4.98 Å². The van der Waals surface area contributed by atoms with Crippen LogP contribution < -0.4 is 9.30 Å². The van der Waals surface area contributed by atoms with Crippen molar-refractivity contribution in [1.29, 1.82) is 0 Å². The monoisotopic (exact) mass is 319 g/mol. The Bertz CT molecular complexity index is 986. The molecule has 0 aliphatic rings. The van der Waals surface area contributed by atoms with Crippen LogP contribution in [0.1, 0.15) is 5.82 Å². The van der Waals surface area contributed by atoms with Crippen LogP contribution in [-0.4, -0.2) is 12.1 Å². The van der Waals surface area contributed by atoms with Crippen molar-refractivity contribution in [2.24, 2.45) is 0 Å². The molecule has 4 rings (SSSR count). The van der Waals surface area contributed by atoms with Crippen molar-refractivity contribution in [2.75, 3.05) is 7.11 Å². The van der Waals surface area contributed by atoms with Gasteiger partial charge in [0.1, 0.15) is 5.75 Å². The van der Waals surface area contributed by atoms with Gasteiger partial charge < -0.3 is 9.47 Å². The summed E-state index contributed by atoms with van der Waals surface area (Å²) < 4.78 is 13.6. The van der Waals surface area contributed by atoms with E-state index < -0.39 is 0 Å². The van der Waals surface area contributed by atoms with Gasteiger partial charge >= 0.3 is 0 Å². The highest BCUT2D eigenvalue weighted by atomic mass is 16.5. The normalized spacial score (nSPS) is 11.2. The fraction of sp³-hybridized carbons (Fsp3) is 0.150. The highest BCUT2D eigenvalue weighted by Crippen LogP contribution is 2.25. The van der Waals surface area contributed by atoms with E-state index in [0.29, 0.717) is 13.3 Å². The van der Waals surface area contributed by atoms with Gasteiger partial charge in [0.25, 0.3) is 5.82 Å². The van der Waals surface area contributed by atoms with Crippen LogP contribution in [0.15, 0.2) is 66.7 Å². The molecule has 3 aromatic carbocycles. The summed E-state index contributed by atoms with van der Waals surface area (Å²) in [5.41, 5.74) is 2.18. The van der Waals surface area contributed by atoms with Crippen LogP contribution in [0, 0.1) is 0 Å². The molecular weight excluding hydrogens is 300 g/mol. The molecule has 0 unspecified atom stereocenters. The maximum Gasteiger partial charge on any atom is 0.295 e. The van der Waals surface area contributed by atoms with E-state index in [2.05, 4.69) is 39.9 Å². The zero-order valence-electron chi connectivity index (χ0n) is 13.5. The van der Waals surface area contributed by atoms with Crippen LogP contribution in [0.2, 0.25) is 0 Å². The number of ether oxygens (including phenoxy) is 2. The Morgan fingerprint density at radius 2 is 1.71 bits per heavy atom. The molecule has 0 radical (unpaired) electrons. The summed E-state index contributed by atoms with van der Waals surface area (Å²) in [5, 5.41) is 2.30. The van der Waals surface area contributed by atoms with E-state index in [-0.39, 0.29) is 0 Å². The molecule has 0 fully saturated rings. The van der Waals surface area contributed by atoms with Gasteiger partial charge in [0.15, 0.2) is 24.4 Å². The topological polar surface area (TPSA) is 38.1 Å². The third-order valence-electron chi connectivity index (χ3n) is 4.17. The first-order chi connectivity index (χ1) is 11.9. The number of benzene rings is 3. The van der Waals surface area contributed by atoms with E-state index in [0.717, 1.165) is 28.0 Å². The van der Waals surface area contributed by atoms with Gasteiger partial charge in [-0.05, 0) is 23.6 Å². The van der Waals surface area contributed by atoms with E-state index in [9.17, 15) is 0 Å². The molecule has 0 aliphatic heterocycles. The van der Waals surface area contributed by atoms with Crippen molar-refractivity contribution in [3.63, 3.8) is 0 Å². The Balaban J connectivity index is 1.68. The molecule has 0 saturated carbocycles. The van der Waals surface area contributed by atoms with Crippen LogP contribution in [0.3, 0.4) is 0 Å². The lowest BCUT2D eigenvalue weighted by Crippen LogP contribution is -2.38. The van der Waals surface area contributed by atoms with Crippen LogP contribution in [0.25, 0.3) is 21.8 Å². The Labute approximate surface area is 140 Å². The average molecular weight is 319 g/mol. The van der Waals surface area contributed by atoms with E-state index >= 15 is 0 Å². The third-order valence-corrected chi connectivity index (χ3v) is 4.17. The minimum Gasteiger partial charge on any atom is -0.480 e. The van der Waals surface area contributed by atoms with Crippen LogP contribution >= 0.6 is 0 Å². The smallest absolute Gasteiger partial charge is 0.295 e. The van der Waals surface area contributed by atoms with Gasteiger partial charge in [-0.2, -0.15) is 4.57 Å². The largest absolute Gasteiger partial charge is 0.480 e. The summed E-state index contributed by atoms with van der Waals surface area (Å²) in [6, 6.07) is 22.5. The maximum atomic E-state index is 6.11. The number of hydrogen-bond acceptors (Lipinski definition) is 2. The predicted molar refractivity (Wildman–Crippen MR) is 93.8 cm³/mol. The molecule has 0 aliphatic carbocycles. The number of H-pyrrole nitrogens is 1. The highest BCUT2D eigenvalue weighted by molar-refractivity contribution is 5.88. The minimum atomic E-state index is 0.450. The highest BCUT2D eigenvalue weighted by Gasteiger charge is 2.18. The second-order valence-electron chi connectivity index (χ2n) is 5.70. The molecule has 0 spiro atoms. The van der Waals surface area contributed by atoms with Gasteiger partial charge in [0, 0.05) is 12.5 Å². The standard InChI is InChI=1S/C20H18N2O2/c1-23-14-22-18-11-5-4-10-17(18)21-20(22)13-24-19-12-6-8-15-7-2-3-9-16(15)19/h2-12H,13-14H2,1H3/p+1. The van der Waals surface area contributed by atoms with Gasteiger partial charge in [-0.3, -0.25) is 0 Å². The summed E-state index contributed by atoms with van der Waals surface area (Å²) in [7, 11) is 1.70. The number of methoxy groups -OCH3 is 1. The molecule has 4 nitrogen and oxygen atoms in total. The first-order valence-corrected chi connectivity index (χ1v) is 7.96. The lowest BCUT2D eigenvalue weighted by molar-refractivity contribution is -0.715. The van der Waals surface area contributed by atoms with Crippen molar-refractivity contribution >= 4 is 21.8 Å². The Morgan fingerprint density at radius 3 is 2.62 bits per heavy atom. The minimum absolute atomic E-state index is 0.450. The average Bonchev–Trinajstić information content (AvgIpc) is 2.98. The Kier molecular flexibility index (Phi) is 3.89. The Hall–Kier alpha value is -2.85. The molecular formula is C20H19N2O2+. The van der Waals surface area contributed by atoms with Crippen molar-refractivity contribution < 1.29 is 14.0 Å². The molecule has 1 aromatic heterocycles. The molecule has 4 aromatic rings. The molecule has 24 heavy (non-hydrogen) atoms. The van der Waals surface area contributed by atoms with Crippen molar-refractivity contribution in [2.45, 2.75) is 13.3 Å². The number of imidazole rings is 1. The SMILES string of the molecule is COC[n+]1c(COc2cccc3ccccc23)[nH]c2ccccc21. The van der Waals surface area contributed by atoms with E-state index in [1.54, 1.807) is 7.11 Å². The van der Waals surface area contributed by atoms with Crippen LogP contribution in [-0.2, 0) is 18.1 Å². The number of hydrogen-bond donors (Lipinski definition) is 1. The second-order valence-corrected chi connectivity index (χ2v) is 5.70. The zero-order valence-corrected chi connectivity index (χ0v) is 13.5. The number of nitrogens with one attached hydrogen (secondary N) is 1. The van der Waals surface area contributed by atoms with Crippen LogP contribution in [0.4, 0.5) is 0 Å². The van der Waals surface area contributed by atoms with Gasteiger partial charge in [0.05, 0.1) is 0 Å². The van der Waals surface area contributed by atoms with Crippen LogP contribution in [0.5, 0.6) is 5.75 Å². The van der Waals surface area contributed by atoms with Gasteiger partial charge in [-0.1, -0.05) is 48.5 Å². The molecule has 0 atom stereocenters. The molecule has 0 amide bonds. The molecule has 1 N–H and O–H groups in total. The first kappa shape index (κ1) is 14.7. The summed E-state index contributed by atoms with van der Waals surface area (Å²) in [5.74, 6) is 1.86. The zero-order chi connectivity index (χ0) is 16.4. The van der Waals surface area contributed by atoms with E-state index in [1.807, 2.05) is 36.4 Å². The Morgan fingerprint density at radius 1 is 0.917 bits per heavy atom. The van der Waals surface area contributed by atoms with E-state index in [4.69, 9.17) is 9.47 Å². The maximum absolute atomic E-state index is 6.11. The number of rotatable bonds is 5. The number of aromatic amines is 1. The lowest BCUT2D eigenvalue weighted by atomic mass is 10.1.